The number of ether oxygens (including phenoxy) is 4. The van der Waals surface area contributed by atoms with Crippen molar-refractivity contribution in [2.45, 2.75) is 432 Å². The Morgan fingerprint density at radius 1 is 0.286 bits per heavy atom. The van der Waals surface area contributed by atoms with Gasteiger partial charge in [-0.2, -0.15) is 0 Å². The first-order valence-corrected chi connectivity index (χ1v) is 44.1. The minimum atomic E-state index is -4.96. The first-order chi connectivity index (χ1) is 47.4. The van der Waals surface area contributed by atoms with Crippen LogP contribution in [0.25, 0.3) is 0 Å². The second-order valence-corrected chi connectivity index (χ2v) is 31.8. The highest BCUT2D eigenvalue weighted by Crippen LogP contribution is 2.45. The summed E-state index contributed by atoms with van der Waals surface area (Å²) in [6, 6.07) is 0. The molecule has 0 aromatic rings. The lowest BCUT2D eigenvalue weighted by atomic mass is 9.99. The maximum Gasteiger partial charge on any atom is 0.472 e. The lowest BCUT2D eigenvalue weighted by molar-refractivity contribution is -0.161. The molecule has 0 saturated carbocycles. The third-order valence-electron chi connectivity index (χ3n) is 19.2. The number of hydrogen-bond donors (Lipinski definition) is 3. The lowest BCUT2D eigenvalue weighted by Crippen LogP contribution is -2.30. The van der Waals surface area contributed by atoms with Gasteiger partial charge in [-0.05, 0) is 37.5 Å². The smallest absolute Gasteiger partial charge is 0.462 e. The predicted molar refractivity (Wildman–Crippen MR) is 400 cm³/mol. The summed E-state index contributed by atoms with van der Waals surface area (Å²) in [4.78, 5) is 72.8. The summed E-state index contributed by atoms with van der Waals surface area (Å²) in [5.74, 6) is -0.549. The van der Waals surface area contributed by atoms with E-state index in [0.29, 0.717) is 25.7 Å². The first-order valence-electron chi connectivity index (χ1n) is 41.1. The summed E-state index contributed by atoms with van der Waals surface area (Å²) in [5.41, 5.74) is 0. The topological polar surface area (TPSA) is 237 Å². The molecule has 0 heterocycles. The minimum absolute atomic E-state index is 0.103. The van der Waals surface area contributed by atoms with E-state index in [1.165, 1.54) is 225 Å². The maximum absolute atomic E-state index is 13.1. The van der Waals surface area contributed by atoms with Crippen LogP contribution in [0, 0.1) is 11.8 Å². The van der Waals surface area contributed by atoms with Crippen molar-refractivity contribution in [3.05, 3.63) is 0 Å². The molecule has 4 unspecified atom stereocenters. The van der Waals surface area contributed by atoms with Crippen LogP contribution in [0.1, 0.15) is 414 Å². The number of aliphatic hydroxyl groups is 1. The van der Waals surface area contributed by atoms with Gasteiger partial charge in [0.15, 0.2) is 12.2 Å². The van der Waals surface area contributed by atoms with E-state index in [2.05, 4.69) is 41.5 Å². The number of phosphoric acid groups is 2. The normalized spacial score (nSPS) is 14.5. The van der Waals surface area contributed by atoms with Crippen LogP contribution < -0.4 is 0 Å². The van der Waals surface area contributed by atoms with Crippen LogP contribution in [0.15, 0.2) is 0 Å². The van der Waals surface area contributed by atoms with E-state index in [-0.39, 0.29) is 25.7 Å². The Bertz CT molecular complexity index is 1890. The van der Waals surface area contributed by atoms with E-state index >= 15 is 0 Å². The number of esters is 4. The monoisotopic (exact) mass is 1440 g/mol. The van der Waals surface area contributed by atoms with Crippen LogP contribution in [-0.2, 0) is 65.4 Å². The van der Waals surface area contributed by atoms with E-state index in [1.54, 1.807) is 0 Å². The van der Waals surface area contributed by atoms with E-state index in [9.17, 15) is 43.2 Å². The molecule has 19 heteroatoms. The SMILES string of the molecule is CCCCCCCCCCCCCCCCCCCCCCCCC(=O)O[C@H](COC(=O)CCCCCCCCCCCCCCCCC(C)CC)COP(=O)(O)OC[C@@H](O)COP(=O)(O)OC[C@@H](COC(=O)CCCCCCCCCC)OC(=O)CCCCCCCCC(C)CC. The molecule has 0 fully saturated rings. The summed E-state index contributed by atoms with van der Waals surface area (Å²) in [6.07, 6.45) is 60.0. The van der Waals surface area contributed by atoms with Crippen molar-refractivity contribution in [3.8, 4) is 0 Å². The second kappa shape index (κ2) is 70.7. The van der Waals surface area contributed by atoms with Gasteiger partial charge in [0.25, 0.3) is 0 Å². The molecular weight excluding hydrogens is 1280 g/mol. The van der Waals surface area contributed by atoms with Crippen LogP contribution in [0.3, 0.4) is 0 Å². The zero-order chi connectivity index (χ0) is 72.1. The van der Waals surface area contributed by atoms with Gasteiger partial charge < -0.3 is 33.8 Å². The Labute approximate surface area is 600 Å². The number of rotatable bonds is 78. The molecule has 0 aliphatic rings. The number of hydrogen-bond acceptors (Lipinski definition) is 15. The van der Waals surface area contributed by atoms with Crippen LogP contribution in [0.5, 0.6) is 0 Å². The number of unbranched alkanes of at least 4 members (excludes halogenated alkanes) is 46. The van der Waals surface area contributed by atoms with E-state index in [1.807, 2.05) is 0 Å². The van der Waals surface area contributed by atoms with E-state index in [4.69, 9.17) is 37.0 Å². The molecular formula is C79H154O17P2. The molecule has 0 rings (SSSR count). The predicted octanol–water partition coefficient (Wildman–Crippen LogP) is 23.5. The van der Waals surface area contributed by atoms with Gasteiger partial charge in [-0.3, -0.25) is 37.3 Å². The zero-order valence-corrected chi connectivity index (χ0v) is 65.9. The Morgan fingerprint density at radius 3 is 0.724 bits per heavy atom. The highest BCUT2D eigenvalue weighted by Gasteiger charge is 2.30. The fourth-order valence-corrected chi connectivity index (χ4v) is 13.7. The second-order valence-electron chi connectivity index (χ2n) is 28.9. The van der Waals surface area contributed by atoms with E-state index in [0.717, 1.165) is 108 Å². The molecule has 0 aromatic carbocycles. The molecule has 3 N–H and O–H groups in total. The molecule has 98 heavy (non-hydrogen) atoms. The number of carbonyl (C=O) groups excluding carboxylic acids is 4. The van der Waals surface area contributed by atoms with Gasteiger partial charge in [0.05, 0.1) is 26.4 Å². The molecule has 582 valence electrons. The molecule has 7 atom stereocenters. The van der Waals surface area contributed by atoms with Gasteiger partial charge in [-0.1, -0.05) is 363 Å². The molecule has 0 amide bonds. The quantitative estimate of drug-likeness (QED) is 0.0222. The molecule has 17 nitrogen and oxygen atoms in total. The number of phosphoric ester groups is 2. The third-order valence-corrected chi connectivity index (χ3v) is 21.1. The van der Waals surface area contributed by atoms with E-state index < -0.39 is 97.5 Å². The van der Waals surface area contributed by atoms with Gasteiger partial charge in [0.1, 0.15) is 19.3 Å². The molecule has 0 aromatic heterocycles. The first kappa shape index (κ1) is 96.1. The zero-order valence-electron chi connectivity index (χ0n) is 64.1. The largest absolute Gasteiger partial charge is 0.472 e. The average molecular weight is 1440 g/mol. The van der Waals surface area contributed by atoms with Crippen molar-refractivity contribution >= 4 is 39.5 Å². The molecule has 0 bridgehead atoms. The molecule has 0 saturated heterocycles. The number of aliphatic hydroxyl groups excluding tert-OH is 1. The van der Waals surface area contributed by atoms with Gasteiger partial charge >= 0.3 is 39.5 Å². The Kier molecular flexibility index (Phi) is 69.3. The third kappa shape index (κ3) is 69.8. The summed E-state index contributed by atoms with van der Waals surface area (Å²) in [5, 5.41) is 10.6. The highest BCUT2D eigenvalue weighted by atomic mass is 31.2. The van der Waals surface area contributed by atoms with Crippen molar-refractivity contribution in [1.82, 2.24) is 0 Å². The van der Waals surface area contributed by atoms with Crippen molar-refractivity contribution in [1.29, 1.82) is 0 Å². The van der Waals surface area contributed by atoms with Gasteiger partial charge in [-0.25, -0.2) is 9.13 Å². The Balaban J connectivity index is 5.16. The molecule has 0 radical (unpaired) electrons. The van der Waals surface area contributed by atoms with Crippen LogP contribution in [0.2, 0.25) is 0 Å². The van der Waals surface area contributed by atoms with Gasteiger partial charge in [0.2, 0.25) is 0 Å². The Hall–Kier alpha value is -1.94. The van der Waals surface area contributed by atoms with Crippen molar-refractivity contribution in [3.63, 3.8) is 0 Å². The maximum atomic E-state index is 13.1. The van der Waals surface area contributed by atoms with Crippen LogP contribution in [0.4, 0.5) is 0 Å². The molecule has 0 aliphatic heterocycles. The summed E-state index contributed by atoms with van der Waals surface area (Å²) in [6.45, 7) is 9.59. The lowest BCUT2D eigenvalue weighted by Gasteiger charge is -2.21. The standard InChI is InChI=1S/C79H154O17P2/c1-7-11-13-15-17-19-20-21-22-23-24-25-26-27-28-29-34-37-40-44-51-57-63-78(83)95-74(67-90-77(82)62-56-50-43-39-36-33-31-30-32-35-38-41-47-53-59-71(5)9-3)69-93-97(85,86)91-65-73(80)66-92-98(87,88)94-70-75(68-89-76(81)61-55-49-42-18-16-14-12-8-2)96-79(84)64-58-52-46-45-48-54-60-72(6)10-4/h71-75,80H,7-70H2,1-6H3,(H,85,86)(H,87,88)/t71?,72?,73-,74-,75-/m1/s1. The van der Waals surface area contributed by atoms with Gasteiger partial charge in [-0.15, -0.1) is 0 Å². The highest BCUT2D eigenvalue weighted by molar-refractivity contribution is 7.47. The minimum Gasteiger partial charge on any atom is -0.462 e. The van der Waals surface area contributed by atoms with Crippen molar-refractivity contribution in [2.24, 2.45) is 11.8 Å². The summed E-state index contributed by atoms with van der Waals surface area (Å²) < 4.78 is 68.5. The van der Waals surface area contributed by atoms with Crippen LogP contribution >= 0.6 is 15.6 Å². The fraction of sp³-hybridized carbons (Fsp3) is 0.949. The summed E-state index contributed by atoms with van der Waals surface area (Å²) >= 11 is 0. The Morgan fingerprint density at radius 2 is 0.490 bits per heavy atom. The van der Waals surface area contributed by atoms with Gasteiger partial charge in [0, 0.05) is 25.7 Å². The van der Waals surface area contributed by atoms with Crippen molar-refractivity contribution in [2.75, 3.05) is 39.6 Å². The van der Waals surface area contributed by atoms with Crippen molar-refractivity contribution < 1.29 is 80.2 Å². The summed E-state index contributed by atoms with van der Waals surface area (Å²) in [7, 11) is -9.91. The molecule has 0 aliphatic carbocycles. The fourth-order valence-electron chi connectivity index (χ4n) is 12.1. The average Bonchev–Trinajstić information content (AvgIpc) is 1.23. The molecule has 0 spiro atoms. The number of carbonyl (C=O) groups is 4. The van der Waals surface area contributed by atoms with Crippen LogP contribution in [-0.4, -0.2) is 96.7 Å².